The quantitative estimate of drug-likeness (QED) is 0.378. The van der Waals surface area contributed by atoms with Crippen LogP contribution in [0.5, 0.6) is 5.75 Å². The molecule has 0 saturated heterocycles. The number of carbonyl (C=O) groups is 1. The average molecular weight is 386 g/mol. The Hall–Kier alpha value is -3.73. The van der Waals surface area contributed by atoms with E-state index < -0.39 is 23.5 Å². The molecule has 2 atom stereocenters. The summed E-state index contributed by atoms with van der Waals surface area (Å²) >= 11 is 0. The van der Waals surface area contributed by atoms with Gasteiger partial charge in [-0.1, -0.05) is 60.7 Å². The van der Waals surface area contributed by atoms with Gasteiger partial charge in [-0.25, -0.2) is 9.18 Å². The van der Waals surface area contributed by atoms with Gasteiger partial charge in [0.15, 0.2) is 6.10 Å². The summed E-state index contributed by atoms with van der Waals surface area (Å²) in [5, 5.41) is 0.337. The number of Topliss-reactive ketones (excluding diaryl/α,β-unsaturated/α-hetero) is 1. The molecular weight excluding hydrogens is 371 g/mol. The molecule has 0 amide bonds. The zero-order chi connectivity index (χ0) is 20.0. The summed E-state index contributed by atoms with van der Waals surface area (Å²) in [6.07, 6.45) is -0.952. The first kappa shape index (κ1) is 17.4. The predicted octanol–water partition coefficient (Wildman–Crippen LogP) is 4.71. The van der Waals surface area contributed by atoms with E-state index >= 15 is 0 Å². The Morgan fingerprint density at radius 3 is 2.31 bits per heavy atom. The van der Waals surface area contributed by atoms with Gasteiger partial charge < -0.3 is 9.15 Å². The third kappa shape index (κ3) is 2.83. The monoisotopic (exact) mass is 386 g/mol. The van der Waals surface area contributed by atoms with Crippen molar-refractivity contribution in [2.24, 2.45) is 0 Å². The van der Waals surface area contributed by atoms with Crippen LogP contribution in [-0.2, 0) is 0 Å². The Morgan fingerprint density at radius 2 is 1.59 bits per heavy atom. The average Bonchev–Trinajstić information content (AvgIpc) is 3.17. The van der Waals surface area contributed by atoms with Crippen molar-refractivity contribution in [1.29, 1.82) is 0 Å². The molecule has 5 rings (SSSR count). The first-order chi connectivity index (χ1) is 14.1. The summed E-state index contributed by atoms with van der Waals surface area (Å²) in [4.78, 5) is 26.1. The number of ketones is 1. The highest BCUT2D eigenvalue weighted by atomic mass is 19.1. The molecule has 142 valence electrons. The van der Waals surface area contributed by atoms with E-state index in [1.807, 2.05) is 36.4 Å². The predicted molar refractivity (Wildman–Crippen MR) is 106 cm³/mol. The molecule has 1 aromatic heterocycles. The number of hydrogen-bond donors (Lipinski definition) is 0. The highest BCUT2D eigenvalue weighted by Gasteiger charge is 2.44. The van der Waals surface area contributed by atoms with Gasteiger partial charge >= 0.3 is 5.63 Å². The van der Waals surface area contributed by atoms with Crippen molar-refractivity contribution in [3.05, 3.63) is 112 Å². The molecule has 0 saturated carbocycles. The molecule has 1 aliphatic rings. The van der Waals surface area contributed by atoms with Crippen LogP contribution in [-0.4, -0.2) is 11.9 Å². The minimum Gasteiger partial charge on any atom is -0.480 e. The Labute approximate surface area is 165 Å². The van der Waals surface area contributed by atoms with E-state index in [1.54, 1.807) is 24.3 Å². The minimum atomic E-state index is -0.952. The Bertz CT molecular complexity index is 1280. The molecule has 0 radical (unpaired) electrons. The highest BCUT2D eigenvalue weighted by Crippen LogP contribution is 2.45. The third-order valence-corrected chi connectivity index (χ3v) is 5.19. The summed E-state index contributed by atoms with van der Waals surface area (Å²) in [6.45, 7) is 0. The number of rotatable bonds is 3. The Morgan fingerprint density at radius 1 is 0.897 bits per heavy atom. The van der Waals surface area contributed by atoms with E-state index in [-0.39, 0.29) is 22.7 Å². The van der Waals surface area contributed by atoms with Gasteiger partial charge in [0, 0.05) is 5.56 Å². The van der Waals surface area contributed by atoms with Crippen LogP contribution in [0.3, 0.4) is 0 Å². The van der Waals surface area contributed by atoms with Crippen LogP contribution in [0.25, 0.3) is 11.0 Å². The van der Waals surface area contributed by atoms with E-state index in [4.69, 9.17) is 9.15 Å². The summed E-state index contributed by atoms with van der Waals surface area (Å²) in [5.41, 5.74) is 1.10. The summed E-state index contributed by atoms with van der Waals surface area (Å²) in [6, 6.07) is 21.8. The first-order valence-corrected chi connectivity index (χ1v) is 9.20. The minimum absolute atomic E-state index is 0.207. The number of ether oxygens (including phenoxy) is 1. The van der Waals surface area contributed by atoms with Gasteiger partial charge in [0.05, 0.1) is 16.9 Å². The van der Waals surface area contributed by atoms with Crippen molar-refractivity contribution >= 4 is 16.8 Å². The van der Waals surface area contributed by atoms with Crippen molar-refractivity contribution in [3.8, 4) is 5.75 Å². The van der Waals surface area contributed by atoms with Gasteiger partial charge in [0.2, 0.25) is 5.78 Å². The van der Waals surface area contributed by atoms with Crippen molar-refractivity contribution in [3.63, 3.8) is 0 Å². The van der Waals surface area contributed by atoms with Gasteiger partial charge in [0.25, 0.3) is 0 Å². The van der Waals surface area contributed by atoms with Crippen molar-refractivity contribution in [2.45, 2.75) is 12.0 Å². The van der Waals surface area contributed by atoms with Gasteiger partial charge in [-0.2, -0.15) is 0 Å². The van der Waals surface area contributed by atoms with Crippen LogP contribution < -0.4 is 10.4 Å². The fourth-order valence-electron chi connectivity index (χ4n) is 3.88. The molecule has 0 N–H and O–H groups in total. The number of fused-ring (bicyclic) bond motifs is 3. The largest absolute Gasteiger partial charge is 0.480 e. The molecule has 0 unspecified atom stereocenters. The molecule has 2 heterocycles. The lowest BCUT2D eigenvalue weighted by atomic mass is 9.85. The molecule has 0 aliphatic carbocycles. The van der Waals surface area contributed by atoms with E-state index in [0.717, 1.165) is 5.56 Å². The van der Waals surface area contributed by atoms with Crippen LogP contribution >= 0.6 is 0 Å². The molecule has 4 nitrogen and oxygen atoms in total. The van der Waals surface area contributed by atoms with Gasteiger partial charge in [-0.05, 0) is 23.8 Å². The molecule has 0 bridgehead atoms. The second-order valence-corrected chi connectivity index (χ2v) is 6.93. The fraction of sp³-hybridized carbons (Fsp3) is 0.0833. The van der Waals surface area contributed by atoms with E-state index in [1.165, 1.54) is 18.2 Å². The van der Waals surface area contributed by atoms with Crippen molar-refractivity contribution in [2.75, 3.05) is 0 Å². The second kappa shape index (κ2) is 6.71. The molecular formula is C24H15FO4. The smallest absolute Gasteiger partial charge is 0.344 e. The lowest BCUT2D eigenvalue weighted by Gasteiger charge is -2.18. The fourth-order valence-corrected chi connectivity index (χ4v) is 3.88. The number of benzene rings is 3. The lowest BCUT2D eigenvalue weighted by molar-refractivity contribution is 0.0808. The second-order valence-electron chi connectivity index (χ2n) is 6.93. The summed E-state index contributed by atoms with van der Waals surface area (Å²) < 4.78 is 25.4. The maximum atomic E-state index is 13.9. The van der Waals surface area contributed by atoms with Gasteiger partial charge in [-0.3, -0.25) is 4.79 Å². The van der Waals surface area contributed by atoms with Crippen molar-refractivity contribution < 1.29 is 18.3 Å². The third-order valence-electron chi connectivity index (χ3n) is 5.19. The summed E-state index contributed by atoms with van der Waals surface area (Å²) in [5.74, 6) is -1.17. The first-order valence-electron chi connectivity index (χ1n) is 9.20. The van der Waals surface area contributed by atoms with E-state index in [9.17, 15) is 14.0 Å². The van der Waals surface area contributed by atoms with Crippen LogP contribution in [0.15, 0.2) is 88.1 Å². The van der Waals surface area contributed by atoms with Crippen molar-refractivity contribution in [1.82, 2.24) is 0 Å². The maximum absolute atomic E-state index is 13.9. The topological polar surface area (TPSA) is 56.5 Å². The normalized spacial score (nSPS) is 17.7. The van der Waals surface area contributed by atoms with Gasteiger partial charge in [0.1, 0.15) is 17.1 Å². The molecule has 5 heteroatoms. The SMILES string of the molecule is O=C(c1ccccc1)[C@H]1Oc2c(c(=O)oc3ccc(F)cc23)[C@@H]1c1ccccc1. The van der Waals surface area contributed by atoms with Crippen LogP contribution in [0, 0.1) is 5.82 Å². The molecule has 3 aromatic carbocycles. The zero-order valence-electron chi connectivity index (χ0n) is 15.2. The molecule has 0 fully saturated rings. The van der Waals surface area contributed by atoms with Crippen LogP contribution in [0.1, 0.15) is 27.4 Å². The molecule has 1 aliphatic heterocycles. The molecule has 29 heavy (non-hydrogen) atoms. The number of hydrogen-bond acceptors (Lipinski definition) is 4. The highest BCUT2D eigenvalue weighted by molar-refractivity contribution is 6.02. The Balaban J connectivity index is 1.75. The lowest BCUT2D eigenvalue weighted by Crippen LogP contribution is -2.31. The van der Waals surface area contributed by atoms with E-state index in [2.05, 4.69) is 0 Å². The molecule has 0 spiro atoms. The summed E-state index contributed by atoms with van der Waals surface area (Å²) in [7, 11) is 0. The van der Waals surface area contributed by atoms with E-state index in [0.29, 0.717) is 10.9 Å². The van der Waals surface area contributed by atoms with Crippen LogP contribution in [0.4, 0.5) is 4.39 Å². The van der Waals surface area contributed by atoms with Crippen LogP contribution in [0.2, 0.25) is 0 Å². The standard InChI is InChI=1S/C24H15FO4/c25-16-11-12-18-17(13-16)22-20(24(27)28-18)19(14-7-3-1-4-8-14)23(29-22)21(26)15-9-5-2-6-10-15/h1-13,19,23H/t19-,23-/m0/s1. The zero-order valence-corrected chi connectivity index (χ0v) is 15.2. The van der Waals surface area contributed by atoms with Gasteiger partial charge in [-0.15, -0.1) is 0 Å². The number of halogens is 1. The Kier molecular flexibility index (Phi) is 4.02. The molecule has 4 aromatic rings. The maximum Gasteiger partial charge on any atom is 0.344 e. The number of carbonyl (C=O) groups excluding carboxylic acids is 1.